The lowest BCUT2D eigenvalue weighted by atomic mass is 10.6. The van der Waals surface area contributed by atoms with Crippen LogP contribution in [-0.2, 0) is 14.3 Å². The molecule has 0 radical (unpaired) electrons. The fourth-order valence-corrected chi connectivity index (χ4v) is 0.0962. The van der Waals surface area contributed by atoms with Crippen LogP contribution >= 0.6 is 0 Å². The molecule has 1 heterocycles. The maximum atomic E-state index is 9.00. The van der Waals surface area contributed by atoms with Crippen LogP contribution in [0, 0.1) is 0 Å². The molecule has 0 aromatic rings. The zero-order chi connectivity index (χ0) is 16.0. The summed E-state index contributed by atoms with van der Waals surface area (Å²) in [5, 5.41) is 14.4. The number of hydrogen-bond acceptors (Lipinski definition) is 6. The van der Waals surface area contributed by atoms with Crippen molar-refractivity contribution in [1.29, 1.82) is 0 Å². The number of isocyanates is 1. The van der Waals surface area contributed by atoms with Gasteiger partial charge in [0, 0.05) is 21.1 Å². The summed E-state index contributed by atoms with van der Waals surface area (Å²) in [5.74, 6) is -0.833. The Morgan fingerprint density at radius 2 is 1.50 bits per heavy atom. The number of carboxylic acid groups (broad SMARTS) is 1. The Morgan fingerprint density at radius 3 is 1.50 bits per heavy atom. The van der Waals surface area contributed by atoms with Gasteiger partial charge in [-0.1, -0.05) is 13.8 Å². The number of ether oxygens (including phenoxy) is 1. The molecule has 18 heavy (non-hydrogen) atoms. The number of aliphatic imine (C=N–C) groups is 1. The maximum Gasteiger partial charge on any atom is 0.300 e. The van der Waals surface area contributed by atoms with Crippen molar-refractivity contribution >= 4 is 12.0 Å². The highest BCUT2D eigenvalue weighted by Crippen LogP contribution is 2.04. The van der Waals surface area contributed by atoms with Crippen molar-refractivity contribution in [2.24, 2.45) is 10.7 Å². The average molecular weight is 268 g/mol. The van der Waals surface area contributed by atoms with Crippen molar-refractivity contribution in [2.45, 2.75) is 33.8 Å². The second kappa shape index (κ2) is 44.8. The fourth-order valence-electron chi connectivity index (χ4n) is 0.0962. The number of carboxylic acids is 1. The van der Waals surface area contributed by atoms with Gasteiger partial charge in [-0.3, -0.25) is 4.79 Å². The van der Waals surface area contributed by atoms with Crippen LogP contribution in [0.3, 0.4) is 0 Å². The third-order valence-electron chi connectivity index (χ3n) is 0.591. The quantitative estimate of drug-likeness (QED) is 0.336. The van der Waals surface area contributed by atoms with Crippen LogP contribution in [-0.4, -0.2) is 56.2 Å². The predicted molar refractivity (Wildman–Crippen MR) is 72.4 cm³/mol. The van der Waals surface area contributed by atoms with Crippen LogP contribution in [0.4, 0.5) is 0 Å². The molecule has 1 aliphatic rings. The highest BCUT2D eigenvalue weighted by molar-refractivity contribution is 5.62. The smallest absolute Gasteiger partial charge is 0.300 e. The molecule has 0 amide bonds. The third kappa shape index (κ3) is 373. The molecule has 1 rings (SSSR count). The average Bonchev–Trinajstić information content (AvgIpc) is 3.19. The van der Waals surface area contributed by atoms with E-state index in [2.05, 4.69) is 17.6 Å². The number of aliphatic hydroxyl groups excluding tert-OH is 1. The van der Waals surface area contributed by atoms with E-state index in [1.54, 1.807) is 0 Å². The summed E-state index contributed by atoms with van der Waals surface area (Å²) in [4.78, 5) is 20.8. The van der Waals surface area contributed by atoms with Crippen LogP contribution < -0.4 is 5.73 Å². The SMILES string of the molecule is CC.CC(=O)O.CC1CO1.CN.CN=C=O.CO. The van der Waals surface area contributed by atoms with Crippen LogP contribution in [0.5, 0.6) is 0 Å². The zero-order valence-corrected chi connectivity index (χ0v) is 12.4. The van der Waals surface area contributed by atoms with E-state index in [-0.39, 0.29) is 0 Å². The van der Waals surface area contributed by atoms with E-state index in [0.717, 1.165) is 20.6 Å². The summed E-state index contributed by atoms with van der Waals surface area (Å²) in [5.41, 5.74) is 4.50. The normalized spacial score (nSPS) is 12.2. The van der Waals surface area contributed by atoms with Gasteiger partial charge in [-0.15, -0.1) is 0 Å². The van der Waals surface area contributed by atoms with Crippen molar-refractivity contribution in [3.05, 3.63) is 0 Å². The number of carbonyl (C=O) groups excluding carboxylic acids is 1. The molecular formula is C11H28N2O5. The number of nitrogens with two attached hydrogens (primary N) is 1. The lowest BCUT2D eigenvalue weighted by Crippen LogP contribution is -1.78. The minimum Gasteiger partial charge on any atom is -0.481 e. The first-order valence-corrected chi connectivity index (χ1v) is 5.34. The summed E-state index contributed by atoms with van der Waals surface area (Å²) < 4.78 is 4.71. The van der Waals surface area contributed by atoms with Crippen LogP contribution in [0.25, 0.3) is 0 Å². The van der Waals surface area contributed by atoms with Crippen molar-refractivity contribution in [1.82, 2.24) is 0 Å². The van der Waals surface area contributed by atoms with Gasteiger partial charge in [-0.05, 0) is 14.0 Å². The van der Waals surface area contributed by atoms with Gasteiger partial charge in [-0.25, -0.2) is 9.79 Å². The van der Waals surface area contributed by atoms with Gasteiger partial charge in [0.2, 0.25) is 6.08 Å². The molecule has 7 nitrogen and oxygen atoms in total. The van der Waals surface area contributed by atoms with E-state index >= 15 is 0 Å². The molecule has 4 N–H and O–H groups in total. The highest BCUT2D eigenvalue weighted by Gasteiger charge is 2.13. The Morgan fingerprint density at radius 1 is 1.39 bits per heavy atom. The van der Waals surface area contributed by atoms with Gasteiger partial charge in [0.05, 0.1) is 12.7 Å². The number of aliphatic carboxylic acids is 1. The minimum absolute atomic E-state index is 0.583. The van der Waals surface area contributed by atoms with Crippen molar-refractivity contribution in [3.63, 3.8) is 0 Å². The number of nitrogens with zero attached hydrogens (tertiary/aromatic N) is 1. The summed E-state index contributed by atoms with van der Waals surface area (Å²) in [6.45, 7) is 8.12. The molecule has 0 bridgehead atoms. The van der Waals surface area contributed by atoms with E-state index in [9.17, 15) is 0 Å². The largest absolute Gasteiger partial charge is 0.481 e. The van der Waals surface area contributed by atoms with Gasteiger partial charge in [0.15, 0.2) is 0 Å². The van der Waals surface area contributed by atoms with E-state index in [1.807, 2.05) is 13.8 Å². The Bertz CT molecular complexity index is 163. The Balaban J connectivity index is -0.0000000391. The summed E-state index contributed by atoms with van der Waals surface area (Å²) in [6.07, 6.45) is 1.89. The lowest BCUT2D eigenvalue weighted by molar-refractivity contribution is -0.134. The first kappa shape index (κ1) is 30.1. The molecule has 0 saturated carbocycles. The van der Waals surface area contributed by atoms with Gasteiger partial charge in [0.25, 0.3) is 5.97 Å². The second-order valence-corrected chi connectivity index (χ2v) is 1.98. The molecule has 1 atom stereocenters. The van der Waals surface area contributed by atoms with Gasteiger partial charge < -0.3 is 20.7 Å². The molecule has 0 spiro atoms. The van der Waals surface area contributed by atoms with E-state index in [1.165, 1.54) is 20.2 Å². The first-order valence-electron chi connectivity index (χ1n) is 5.34. The third-order valence-corrected chi connectivity index (χ3v) is 0.591. The molecular weight excluding hydrogens is 240 g/mol. The number of hydrogen-bond donors (Lipinski definition) is 3. The van der Waals surface area contributed by atoms with Gasteiger partial charge in [0.1, 0.15) is 0 Å². The van der Waals surface area contributed by atoms with E-state index < -0.39 is 5.97 Å². The monoisotopic (exact) mass is 268 g/mol. The van der Waals surface area contributed by atoms with E-state index in [4.69, 9.17) is 24.5 Å². The molecule has 112 valence electrons. The molecule has 7 heteroatoms. The summed E-state index contributed by atoms with van der Waals surface area (Å²) >= 11 is 0. The van der Waals surface area contributed by atoms with Crippen molar-refractivity contribution < 1.29 is 24.5 Å². The molecule has 0 aliphatic carbocycles. The lowest BCUT2D eigenvalue weighted by Gasteiger charge is -1.59. The topological polar surface area (TPSA) is 126 Å². The highest BCUT2D eigenvalue weighted by atomic mass is 16.6. The Hall–Kier alpha value is -1.27. The van der Waals surface area contributed by atoms with Crippen molar-refractivity contribution in [3.8, 4) is 0 Å². The number of epoxide rings is 1. The Kier molecular flexibility index (Phi) is 74.8. The summed E-state index contributed by atoms with van der Waals surface area (Å²) in [7, 11) is 3.88. The molecule has 1 fully saturated rings. The van der Waals surface area contributed by atoms with Crippen LogP contribution in [0.2, 0.25) is 0 Å². The van der Waals surface area contributed by atoms with Crippen LogP contribution in [0.15, 0.2) is 4.99 Å². The van der Waals surface area contributed by atoms with Gasteiger partial charge in [-0.2, -0.15) is 0 Å². The molecule has 1 unspecified atom stereocenters. The standard InChI is InChI=1S/C3H6O.C2H3NO.C2H4O2.C2H6.CH5N.CH4O/c1-3-2-4-3;1-3-2-4;1-2(3)4;3*1-2/h3H,2H2,1H3;1H3;1H3,(H,3,4);1-2H3;2H2,1H3;2H,1H3. The number of carbonyl (C=O) groups is 1. The molecule has 0 aromatic carbocycles. The number of aliphatic hydroxyl groups is 1. The minimum atomic E-state index is -0.833. The zero-order valence-electron chi connectivity index (χ0n) is 12.4. The fraction of sp³-hybridized carbons (Fsp3) is 0.818. The molecule has 1 aliphatic heterocycles. The Labute approximate surface area is 110 Å². The van der Waals surface area contributed by atoms with E-state index in [0.29, 0.717) is 6.10 Å². The molecule has 0 aromatic heterocycles. The first-order chi connectivity index (χ1) is 8.54. The molecule has 1 saturated heterocycles. The van der Waals surface area contributed by atoms with Gasteiger partial charge >= 0.3 is 0 Å². The summed E-state index contributed by atoms with van der Waals surface area (Å²) in [6, 6.07) is 0. The number of rotatable bonds is 0. The predicted octanol–water partition coefficient (Wildman–Crippen LogP) is 0.658. The maximum absolute atomic E-state index is 9.00. The van der Waals surface area contributed by atoms with Crippen LogP contribution in [0.1, 0.15) is 27.7 Å². The van der Waals surface area contributed by atoms with Crippen molar-refractivity contribution in [2.75, 3.05) is 27.8 Å². The second-order valence-electron chi connectivity index (χ2n) is 1.98.